The first-order valence-electron chi connectivity index (χ1n) is 5.24. The summed E-state index contributed by atoms with van der Waals surface area (Å²) in [5, 5.41) is 10.7. The number of carboxylic acid groups (broad SMARTS) is 1. The molecule has 1 heterocycles. The van der Waals surface area contributed by atoms with Gasteiger partial charge in [-0.25, -0.2) is 0 Å². The molecule has 1 aromatic rings. The van der Waals surface area contributed by atoms with Gasteiger partial charge in [0.05, 0.1) is 6.42 Å². The second kappa shape index (κ2) is 4.77. The van der Waals surface area contributed by atoms with Crippen molar-refractivity contribution in [2.45, 2.75) is 31.8 Å². The monoisotopic (exact) mass is 225 g/mol. The van der Waals surface area contributed by atoms with Crippen molar-refractivity contribution in [1.82, 2.24) is 4.90 Å². The average molecular weight is 225 g/mol. The molecule has 1 N–H and O–H groups in total. The van der Waals surface area contributed by atoms with Gasteiger partial charge in [-0.15, -0.1) is 11.3 Å². The van der Waals surface area contributed by atoms with E-state index in [1.807, 2.05) is 6.07 Å². The molecule has 1 aliphatic rings. The molecule has 0 amide bonds. The van der Waals surface area contributed by atoms with E-state index in [0.717, 1.165) is 6.54 Å². The van der Waals surface area contributed by atoms with Crippen molar-refractivity contribution in [3.63, 3.8) is 0 Å². The van der Waals surface area contributed by atoms with Crippen molar-refractivity contribution >= 4 is 17.3 Å². The van der Waals surface area contributed by atoms with Crippen LogP contribution in [0.15, 0.2) is 17.5 Å². The van der Waals surface area contributed by atoms with Gasteiger partial charge in [0.25, 0.3) is 0 Å². The Labute approximate surface area is 93.3 Å². The molecule has 2 rings (SSSR count). The van der Waals surface area contributed by atoms with Crippen molar-refractivity contribution in [2.75, 3.05) is 6.54 Å². The molecule has 4 heteroatoms. The summed E-state index contributed by atoms with van der Waals surface area (Å²) in [4.78, 5) is 14.1. The minimum Gasteiger partial charge on any atom is -0.481 e. The highest BCUT2D eigenvalue weighted by Crippen LogP contribution is 2.29. The average Bonchev–Trinajstić information content (AvgIpc) is 2.91. The van der Waals surface area contributed by atoms with E-state index in [9.17, 15) is 4.79 Å². The molecule has 1 aliphatic carbocycles. The molecule has 1 aromatic heterocycles. The van der Waals surface area contributed by atoms with E-state index in [1.165, 1.54) is 17.7 Å². The van der Waals surface area contributed by atoms with Crippen LogP contribution in [0.4, 0.5) is 0 Å². The van der Waals surface area contributed by atoms with Crippen LogP contribution < -0.4 is 0 Å². The lowest BCUT2D eigenvalue weighted by Gasteiger charge is -2.19. The minimum atomic E-state index is -0.702. The maximum Gasteiger partial charge on any atom is 0.304 e. The fraction of sp³-hybridized carbons (Fsp3) is 0.545. The Morgan fingerprint density at radius 3 is 2.93 bits per heavy atom. The van der Waals surface area contributed by atoms with Gasteiger partial charge in [0.1, 0.15) is 0 Å². The predicted octanol–water partition coefficient (Wildman–Crippen LogP) is 2.19. The number of rotatable bonds is 6. The SMILES string of the molecule is O=C(O)CCN(Cc1cccs1)C1CC1. The molecule has 0 spiro atoms. The van der Waals surface area contributed by atoms with Crippen molar-refractivity contribution < 1.29 is 9.90 Å². The highest BCUT2D eigenvalue weighted by Gasteiger charge is 2.29. The van der Waals surface area contributed by atoms with Crippen molar-refractivity contribution in [2.24, 2.45) is 0 Å². The van der Waals surface area contributed by atoms with Gasteiger partial charge in [-0.05, 0) is 24.3 Å². The van der Waals surface area contributed by atoms with Crippen LogP contribution >= 0.6 is 11.3 Å². The summed E-state index contributed by atoms with van der Waals surface area (Å²) in [7, 11) is 0. The normalized spacial score (nSPS) is 15.8. The van der Waals surface area contributed by atoms with Crippen molar-refractivity contribution in [1.29, 1.82) is 0 Å². The summed E-state index contributed by atoms with van der Waals surface area (Å²) in [6.45, 7) is 1.59. The van der Waals surface area contributed by atoms with E-state index in [0.29, 0.717) is 12.6 Å². The first-order valence-corrected chi connectivity index (χ1v) is 6.12. The van der Waals surface area contributed by atoms with Gasteiger partial charge in [-0.2, -0.15) is 0 Å². The zero-order valence-electron chi connectivity index (χ0n) is 8.56. The van der Waals surface area contributed by atoms with Crippen LogP contribution in [0.2, 0.25) is 0 Å². The van der Waals surface area contributed by atoms with Gasteiger partial charge in [0, 0.05) is 24.0 Å². The van der Waals surface area contributed by atoms with Gasteiger partial charge >= 0.3 is 5.97 Å². The molecular weight excluding hydrogens is 210 g/mol. The van der Waals surface area contributed by atoms with Crippen LogP contribution in [0.3, 0.4) is 0 Å². The number of hydrogen-bond donors (Lipinski definition) is 1. The van der Waals surface area contributed by atoms with E-state index in [1.54, 1.807) is 11.3 Å². The zero-order valence-corrected chi connectivity index (χ0v) is 9.37. The van der Waals surface area contributed by atoms with Crippen LogP contribution in [0.5, 0.6) is 0 Å². The van der Waals surface area contributed by atoms with Gasteiger partial charge in [-0.3, -0.25) is 9.69 Å². The minimum absolute atomic E-state index is 0.252. The van der Waals surface area contributed by atoms with Crippen LogP contribution in [-0.4, -0.2) is 28.6 Å². The Morgan fingerprint density at radius 2 is 2.40 bits per heavy atom. The third-order valence-electron chi connectivity index (χ3n) is 2.62. The summed E-state index contributed by atoms with van der Waals surface area (Å²) in [6.07, 6.45) is 2.71. The third kappa shape index (κ3) is 3.32. The Bertz CT molecular complexity index is 319. The molecule has 1 fully saturated rings. The molecule has 0 saturated heterocycles. The first-order chi connectivity index (χ1) is 7.25. The Kier molecular flexibility index (Phi) is 3.38. The lowest BCUT2D eigenvalue weighted by Crippen LogP contribution is -2.27. The van der Waals surface area contributed by atoms with Crippen LogP contribution in [0, 0.1) is 0 Å². The molecule has 0 aromatic carbocycles. The molecule has 0 aliphatic heterocycles. The zero-order chi connectivity index (χ0) is 10.7. The molecule has 0 unspecified atom stereocenters. The fourth-order valence-electron chi connectivity index (χ4n) is 1.67. The van der Waals surface area contributed by atoms with Crippen molar-refractivity contribution in [3.8, 4) is 0 Å². The fourth-order valence-corrected chi connectivity index (χ4v) is 2.40. The van der Waals surface area contributed by atoms with Gasteiger partial charge in [0.2, 0.25) is 0 Å². The topological polar surface area (TPSA) is 40.5 Å². The number of nitrogens with zero attached hydrogens (tertiary/aromatic N) is 1. The molecule has 0 radical (unpaired) electrons. The van der Waals surface area contributed by atoms with Gasteiger partial charge in [0.15, 0.2) is 0 Å². The lowest BCUT2D eigenvalue weighted by atomic mass is 10.3. The third-order valence-corrected chi connectivity index (χ3v) is 3.48. The Balaban J connectivity index is 1.86. The Morgan fingerprint density at radius 1 is 1.60 bits per heavy atom. The quantitative estimate of drug-likeness (QED) is 0.806. The molecular formula is C11H15NO2S. The lowest BCUT2D eigenvalue weighted by molar-refractivity contribution is -0.137. The molecule has 0 bridgehead atoms. The van der Waals surface area contributed by atoms with Gasteiger partial charge < -0.3 is 5.11 Å². The number of carboxylic acids is 1. The molecule has 3 nitrogen and oxygen atoms in total. The molecule has 82 valence electrons. The second-order valence-electron chi connectivity index (χ2n) is 3.92. The van der Waals surface area contributed by atoms with E-state index in [4.69, 9.17) is 5.11 Å². The largest absolute Gasteiger partial charge is 0.481 e. The van der Waals surface area contributed by atoms with Crippen molar-refractivity contribution in [3.05, 3.63) is 22.4 Å². The van der Waals surface area contributed by atoms with E-state index >= 15 is 0 Å². The van der Waals surface area contributed by atoms with Gasteiger partial charge in [-0.1, -0.05) is 6.07 Å². The second-order valence-corrected chi connectivity index (χ2v) is 4.96. The van der Waals surface area contributed by atoms with Crippen LogP contribution in [0.1, 0.15) is 24.1 Å². The standard InChI is InChI=1S/C11H15NO2S/c13-11(14)5-6-12(9-3-4-9)8-10-2-1-7-15-10/h1-2,7,9H,3-6,8H2,(H,13,14). The van der Waals surface area contributed by atoms with E-state index in [-0.39, 0.29) is 6.42 Å². The summed E-state index contributed by atoms with van der Waals surface area (Å²) in [5.74, 6) is -0.702. The number of aliphatic carboxylic acids is 1. The smallest absolute Gasteiger partial charge is 0.304 e. The Hall–Kier alpha value is -0.870. The number of carbonyl (C=O) groups is 1. The summed E-state index contributed by atoms with van der Waals surface area (Å²) in [5.41, 5.74) is 0. The molecule has 1 saturated carbocycles. The summed E-state index contributed by atoms with van der Waals surface area (Å²) in [6, 6.07) is 4.79. The maximum absolute atomic E-state index is 10.5. The molecule has 15 heavy (non-hydrogen) atoms. The summed E-state index contributed by atoms with van der Waals surface area (Å²) < 4.78 is 0. The number of hydrogen-bond acceptors (Lipinski definition) is 3. The predicted molar refractivity (Wildman–Crippen MR) is 60.0 cm³/mol. The maximum atomic E-state index is 10.5. The first kappa shape index (κ1) is 10.6. The number of thiophene rings is 1. The van der Waals surface area contributed by atoms with Crippen LogP contribution in [0.25, 0.3) is 0 Å². The van der Waals surface area contributed by atoms with E-state index in [2.05, 4.69) is 16.3 Å². The van der Waals surface area contributed by atoms with Crippen LogP contribution in [-0.2, 0) is 11.3 Å². The molecule has 0 atom stereocenters. The van der Waals surface area contributed by atoms with E-state index < -0.39 is 5.97 Å². The highest BCUT2D eigenvalue weighted by molar-refractivity contribution is 7.09. The highest BCUT2D eigenvalue weighted by atomic mass is 32.1. The summed E-state index contributed by atoms with van der Waals surface area (Å²) >= 11 is 1.74.